The molecule has 0 N–H and O–H groups in total. The summed E-state index contributed by atoms with van der Waals surface area (Å²) in [6.07, 6.45) is 3.63. The van der Waals surface area contributed by atoms with Gasteiger partial charge in [-0.15, -0.1) is 11.3 Å². The number of amides is 1. The molecule has 3 heterocycles. The van der Waals surface area contributed by atoms with Crippen LogP contribution in [0, 0.1) is 5.92 Å². The molecule has 5 nitrogen and oxygen atoms in total. The van der Waals surface area contributed by atoms with Crippen LogP contribution >= 0.6 is 11.3 Å². The van der Waals surface area contributed by atoms with E-state index >= 15 is 0 Å². The number of piperazine rings is 1. The number of rotatable bonds is 5. The fourth-order valence-corrected chi connectivity index (χ4v) is 4.19. The third-order valence-corrected chi connectivity index (χ3v) is 6.03. The second-order valence-corrected chi connectivity index (χ2v) is 7.59. The topological polar surface area (TPSA) is 49.6 Å². The first-order valence-corrected chi connectivity index (χ1v) is 9.60. The summed E-state index contributed by atoms with van der Waals surface area (Å²) < 4.78 is 5.43. The minimum atomic E-state index is 0.133. The lowest BCUT2D eigenvalue weighted by Gasteiger charge is -2.34. The average molecular weight is 345 g/mol. The molecule has 1 saturated heterocycles. The first-order valence-electron chi connectivity index (χ1n) is 8.72. The maximum atomic E-state index is 12.6. The highest BCUT2D eigenvalue weighted by molar-refractivity contribution is 7.09. The van der Waals surface area contributed by atoms with Gasteiger partial charge in [0.15, 0.2) is 0 Å². The van der Waals surface area contributed by atoms with Gasteiger partial charge in [0.25, 0.3) is 0 Å². The van der Waals surface area contributed by atoms with E-state index in [1.165, 1.54) is 5.01 Å². The third-order valence-electron chi connectivity index (χ3n) is 4.99. The van der Waals surface area contributed by atoms with E-state index in [9.17, 15) is 4.79 Å². The van der Waals surface area contributed by atoms with Gasteiger partial charge in [-0.05, 0) is 25.0 Å². The second kappa shape index (κ2) is 6.69. The molecular formula is C18H23N3O2S. The van der Waals surface area contributed by atoms with Crippen molar-refractivity contribution in [1.82, 2.24) is 14.8 Å². The molecule has 0 unspecified atom stereocenters. The Morgan fingerprint density at radius 2 is 2.21 bits per heavy atom. The van der Waals surface area contributed by atoms with E-state index < -0.39 is 0 Å². The van der Waals surface area contributed by atoms with Crippen molar-refractivity contribution in [1.29, 1.82) is 0 Å². The molecule has 2 atom stereocenters. The molecular weight excluding hydrogens is 322 g/mol. The van der Waals surface area contributed by atoms with Crippen LogP contribution in [0.25, 0.3) is 0 Å². The molecule has 1 amide bonds. The lowest BCUT2D eigenvalue weighted by molar-refractivity contribution is -0.134. The van der Waals surface area contributed by atoms with E-state index in [-0.39, 0.29) is 5.92 Å². The summed E-state index contributed by atoms with van der Waals surface area (Å²) in [5.74, 6) is 1.70. The number of carbonyl (C=O) groups excluding carboxylic acids is 1. The molecule has 2 aromatic heterocycles. The van der Waals surface area contributed by atoms with Crippen LogP contribution in [0.2, 0.25) is 0 Å². The molecule has 0 spiro atoms. The standard InChI is InChI=1S/C18H23N3O2S/c1-2-17-19-13(12-24-17)11-20-5-7-21(8-6-20)18(22)15-10-14(15)16-4-3-9-23-16/h3-4,9,12,14-15H,2,5-8,10-11H2,1H3/t14-,15-/m0/s1. The van der Waals surface area contributed by atoms with E-state index in [0.29, 0.717) is 11.8 Å². The van der Waals surface area contributed by atoms with Crippen LogP contribution in [0.1, 0.15) is 35.7 Å². The Morgan fingerprint density at radius 1 is 1.38 bits per heavy atom. The van der Waals surface area contributed by atoms with Gasteiger partial charge in [-0.2, -0.15) is 0 Å². The quantitative estimate of drug-likeness (QED) is 0.836. The van der Waals surface area contributed by atoms with E-state index in [2.05, 4.69) is 22.2 Å². The van der Waals surface area contributed by atoms with Crippen molar-refractivity contribution in [3.8, 4) is 0 Å². The molecule has 0 radical (unpaired) electrons. The van der Waals surface area contributed by atoms with Crippen molar-refractivity contribution in [2.75, 3.05) is 26.2 Å². The van der Waals surface area contributed by atoms with Gasteiger partial charge in [0, 0.05) is 49.9 Å². The van der Waals surface area contributed by atoms with Gasteiger partial charge in [0.2, 0.25) is 5.91 Å². The summed E-state index contributed by atoms with van der Waals surface area (Å²) in [5, 5.41) is 3.37. The van der Waals surface area contributed by atoms with E-state index in [1.54, 1.807) is 17.6 Å². The van der Waals surface area contributed by atoms with Gasteiger partial charge < -0.3 is 9.32 Å². The number of carbonyl (C=O) groups is 1. The normalized spacial score (nSPS) is 24.3. The molecule has 1 saturated carbocycles. The van der Waals surface area contributed by atoms with Crippen LogP contribution < -0.4 is 0 Å². The Morgan fingerprint density at radius 3 is 2.88 bits per heavy atom. The van der Waals surface area contributed by atoms with Crippen molar-refractivity contribution in [2.24, 2.45) is 5.92 Å². The van der Waals surface area contributed by atoms with Gasteiger partial charge in [-0.1, -0.05) is 6.92 Å². The molecule has 2 aromatic rings. The highest BCUT2D eigenvalue weighted by Crippen LogP contribution is 2.48. The first-order chi connectivity index (χ1) is 11.7. The minimum Gasteiger partial charge on any atom is -0.469 e. The Balaban J connectivity index is 1.26. The van der Waals surface area contributed by atoms with Gasteiger partial charge >= 0.3 is 0 Å². The number of hydrogen-bond acceptors (Lipinski definition) is 5. The lowest BCUT2D eigenvalue weighted by Crippen LogP contribution is -2.48. The molecule has 24 heavy (non-hydrogen) atoms. The van der Waals surface area contributed by atoms with Crippen molar-refractivity contribution in [3.05, 3.63) is 40.2 Å². The number of furan rings is 1. The zero-order valence-corrected chi connectivity index (χ0v) is 14.8. The molecule has 2 fully saturated rings. The number of aromatic nitrogens is 1. The molecule has 0 aromatic carbocycles. The fraction of sp³-hybridized carbons (Fsp3) is 0.556. The maximum Gasteiger partial charge on any atom is 0.226 e. The van der Waals surface area contributed by atoms with Crippen LogP contribution in [0.4, 0.5) is 0 Å². The van der Waals surface area contributed by atoms with E-state index in [1.807, 2.05) is 17.0 Å². The van der Waals surface area contributed by atoms with Gasteiger partial charge in [0.1, 0.15) is 5.76 Å². The average Bonchev–Trinajstić information content (AvgIpc) is 3.00. The number of hydrogen-bond donors (Lipinski definition) is 0. The molecule has 1 aliphatic heterocycles. The van der Waals surface area contributed by atoms with Gasteiger partial charge in [-0.3, -0.25) is 9.69 Å². The first kappa shape index (κ1) is 15.8. The van der Waals surface area contributed by atoms with E-state index in [0.717, 1.165) is 57.0 Å². The van der Waals surface area contributed by atoms with Crippen LogP contribution in [-0.4, -0.2) is 46.9 Å². The number of nitrogens with zero attached hydrogens (tertiary/aromatic N) is 3. The highest BCUT2D eigenvalue weighted by Gasteiger charge is 2.47. The summed E-state index contributed by atoms with van der Waals surface area (Å²) >= 11 is 1.74. The summed E-state index contributed by atoms with van der Waals surface area (Å²) in [4.78, 5) is 21.7. The molecule has 6 heteroatoms. The third kappa shape index (κ3) is 3.26. The Hall–Kier alpha value is -1.66. The van der Waals surface area contributed by atoms with Crippen molar-refractivity contribution in [2.45, 2.75) is 32.2 Å². The van der Waals surface area contributed by atoms with Crippen LogP contribution in [0.3, 0.4) is 0 Å². The summed E-state index contributed by atoms with van der Waals surface area (Å²) in [5.41, 5.74) is 1.16. The predicted octanol–water partition coefficient (Wildman–Crippen LogP) is 2.75. The molecule has 0 bridgehead atoms. The SMILES string of the molecule is CCc1nc(CN2CCN(C(=O)[C@H]3C[C@@H]3c3ccco3)CC2)cs1. The second-order valence-electron chi connectivity index (χ2n) is 6.65. The largest absolute Gasteiger partial charge is 0.469 e. The van der Waals surface area contributed by atoms with E-state index in [4.69, 9.17) is 4.42 Å². The van der Waals surface area contributed by atoms with Crippen molar-refractivity contribution < 1.29 is 9.21 Å². The van der Waals surface area contributed by atoms with Crippen LogP contribution in [0.5, 0.6) is 0 Å². The molecule has 4 rings (SSSR count). The summed E-state index contributed by atoms with van der Waals surface area (Å²) in [6.45, 7) is 6.56. The lowest BCUT2D eigenvalue weighted by atomic mass is 10.2. The zero-order chi connectivity index (χ0) is 16.5. The number of thiazole rings is 1. The highest BCUT2D eigenvalue weighted by atomic mass is 32.1. The monoisotopic (exact) mass is 345 g/mol. The molecule has 1 aliphatic carbocycles. The maximum absolute atomic E-state index is 12.6. The predicted molar refractivity (Wildman–Crippen MR) is 92.9 cm³/mol. The van der Waals surface area contributed by atoms with Crippen molar-refractivity contribution in [3.63, 3.8) is 0 Å². The van der Waals surface area contributed by atoms with Crippen LogP contribution in [-0.2, 0) is 17.8 Å². The van der Waals surface area contributed by atoms with Gasteiger partial charge in [0.05, 0.1) is 17.0 Å². The van der Waals surface area contributed by atoms with Crippen LogP contribution in [0.15, 0.2) is 28.2 Å². The zero-order valence-electron chi connectivity index (χ0n) is 14.0. The van der Waals surface area contributed by atoms with Crippen molar-refractivity contribution >= 4 is 17.2 Å². The summed E-state index contributed by atoms with van der Waals surface area (Å²) in [6, 6.07) is 3.88. The smallest absolute Gasteiger partial charge is 0.226 e. The minimum absolute atomic E-state index is 0.133. The summed E-state index contributed by atoms with van der Waals surface area (Å²) in [7, 11) is 0. The Labute approximate surface area is 146 Å². The molecule has 128 valence electrons. The number of aryl methyl sites for hydroxylation is 1. The fourth-order valence-electron chi connectivity index (χ4n) is 3.46. The Kier molecular flexibility index (Phi) is 4.41. The van der Waals surface area contributed by atoms with Gasteiger partial charge in [-0.25, -0.2) is 4.98 Å². The molecule has 2 aliphatic rings. The Bertz CT molecular complexity index is 689.